The second kappa shape index (κ2) is 8.65. The Morgan fingerprint density at radius 1 is 1.25 bits per heavy atom. The number of hydrogen-bond acceptors (Lipinski definition) is 4. The molecular weight excluding hydrogens is 534 g/mol. The average molecular weight is 550 g/mol. The number of para-hydroxylation sites is 1. The van der Waals surface area contributed by atoms with Crippen molar-refractivity contribution in [3.05, 3.63) is 54.7 Å². The lowest BCUT2D eigenvalue weighted by Gasteiger charge is -2.14. The predicted octanol–water partition coefficient (Wildman–Crippen LogP) is 4.15. The summed E-state index contributed by atoms with van der Waals surface area (Å²) in [6.45, 7) is 3.96. The molecule has 2 N–H and O–H groups in total. The molecule has 0 heterocycles. The van der Waals surface area contributed by atoms with Gasteiger partial charge in [0.05, 0.1) is 25.0 Å². The Hall–Kier alpha value is -1.36. The highest BCUT2D eigenvalue weighted by Crippen LogP contribution is 2.29. The van der Waals surface area contributed by atoms with E-state index in [-0.39, 0.29) is 17.4 Å². The Bertz CT molecular complexity index is 753. The van der Waals surface area contributed by atoms with Crippen LogP contribution in [0.1, 0.15) is 29.8 Å². The van der Waals surface area contributed by atoms with Crippen molar-refractivity contribution in [1.29, 1.82) is 0 Å². The number of phenolic OH excluding ortho intramolecular Hbond substituents is 1. The molecule has 7 heteroatoms. The lowest BCUT2D eigenvalue weighted by Crippen LogP contribution is -2.17. The number of aromatic hydroxyl groups is 1. The number of carbonyl (C=O) groups is 1. The number of hydrogen-bond donors (Lipinski definition) is 2. The van der Waals surface area contributed by atoms with Gasteiger partial charge in [-0.2, -0.15) is 5.10 Å². The van der Waals surface area contributed by atoms with Crippen LogP contribution in [-0.4, -0.2) is 23.3 Å². The van der Waals surface area contributed by atoms with Crippen LogP contribution in [0.3, 0.4) is 0 Å². The highest BCUT2D eigenvalue weighted by Gasteiger charge is 2.11. The van der Waals surface area contributed by atoms with Gasteiger partial charge in [-0.25, -0.2) is 5.43 Å². The van der Waals surface area contributed by atoms with Crippen LogP contribution in [0.4, 0.5) is 0 Å². The van der Waals surface area contributed by atoms with Gasteiger partial charge in [0, 0.05) is 0 Å². The lowest BCUT2D eigenvalue weighted by atomic mass is 10.2. The summed E-state index contributed by atoms with van der Waals surface area (Å²) in [7, 11) is 0. The van der Waals surface area contributed by atoms with Gasteiger partial charge in [-0.3, -0.25) is 4.79 Å². The molecule has 0 fully saturated rings. The van der Waals surface area contributed by atoms with Gasteiger partial charge in [0.25, 0.3) is 5.91 Å². The Balaban J connectivity index is 2.10. The minimum absolute atomic E-state index is 0.0792. The Labute approximate surface area is 167 Å². The van der Waals surface area contributed by atoms with Crippen molar-refractivity contribution in [2.45, 2.75) is 20.0 Å². The van der Waals surface area contributed by atoms with E-state index in [4.69, 9.17) is 4.74 Å². The molecule has 0 unspecified atom stereocenters. The molecular formula is C17H16I2N2O3. The number of amides is 1. The summed E-state index contributed by atoms with van der Waals surface area (Å²) in [4.78, 5) is 12.0. The van der Waals surface area contributed by atoms with E-state index in [1.165, 1.54) is 12.1 Å². The number of benzene rings is 2. The number of nitrogens with zero attached hydrogens (tertiary/aromatic N) is 1. The number of phenols is 1. The second-order valence-corrected chi connectivity index (χ2v) is 7.52. The SMILES string of the molecule is CC(C)Oc1c(I)cc(/C=N/NC(=O)c2ccccc2O)cc1I. The minimum Gasteiger partial charge on any atom is -0.507 e. The highest BCUT2D eigenvalue weighted by molar-refractivity contribution is 14.1. The summed E-state index contributed by atoms with van der Waals surface area (Å²) in [5.41, 5.74) is 3.43. The maximum absolute atomic E-state index is 12.0. The molecule has 0 saturated heterocycles. The predicted molar refractivity (Wildman–Crippen MR) is 111 cm³/mol. The van der Waals surface area contributed by atoms with E-state index in [1.54, 1.807) is 18.3 Å². The van der Waals surface area contributed by atoms with Crippen molar-refractivity contribution in [2.24, 2.45) is 5.10 Å². The van der Waals surface area contributed by atoms with Gasteiger partial charge in [0.2, 0.25) is 0 Å². The molecule has 2 aromatic carbocycles. The van der Waals surface area contributed by atoms with Crippen LogP contribution in [0.25, 0.3) is 0 Å². The zero-order chi connectivity index (χ0) is 17.7. The summed E-state index contributed by atoms with van der Waals surface area (Å²) in [6, 6.07) is 10.2. The molecule has 24 heavy (non-hydrogen) atoms. The zero-order valence-corrected chi connectivity index (χ0v) is 17.4. The Morgan fingerprint density at radius 2 is 1.88 bits per heavy atom. The molecule has 2 rings (SSSR count). The molecule has 0 spiro atoms. The number of nitrogens with one attached hydrogen (secondary N) is 1. The third-order valence-electron chi connectivity index (χ3n) is 2.90. The Morgan fingerprint density at radius 3 is 2.46 bits per heavy atom. The summed E-state index contributed by atoms with van der Waals surface area (Å²) in [5, 5.41) is 13.6. The highest BCUT2D eigenvalue weighted by atomic mass is 127. The van der Waals surface area contributed by atoms with Crippen LogP contribution < -0.4 is 10.2 Å². The average Bonchev–Trinajstić information content (AvgIpc) is 2.51. The minimum atomic E-state index is -0.464. The molecule has 0 aromatic heterocycles. The van der Waals surface area contributed by atoms with Gasteiger partial charge < -0.3 is 9.84 Å². The van der Waals surface area contributed by atoms with E-state index < -0.39 is 5.91 Å². The maximum Gasteiger partial charge on any atom is 0.275 e. The molecule has 0 aliphatic carbocycles. The van der Waals surface area contributed by atoms with Crippen molar-refractivity contribution in [3.8, 4) is 11.5 Å². The molecule has 2 aromatic rings. The summed E-state index contributed by atoms with van der Waals surface area (Å²) in [5.74, 6) is 0.305. The first kappa shape index (κ1) is 19.0. The van der Waals surface area contributed by atoms with E-state index in [0.29, 0.717) is 0 Å². The van der Waals surface area contributed by atoms with Crippen LogP contribution in [-0.2, 0) is 0 Å². The standard InChI is InChI=1S/C17H16I2N2O3/c1-10(2)24-16-13(18)7-11(8-14(16)19)9-20-21-17(23)12-5-3-4-6-15(12)22/h3-10,22H,1-2H3,(H,21,23)/b20-9+. The summed E-state index contributed by atoms with van der Waals surface area (Å²) < 4.78 is 7.73. The van der Waals surface area contributed by atoms with Crippen molar-refractivity contribution in [2.75, 3.05) is 0 Å². The van der Waals surface area contributed by atoms with Crippen LogP contribution >= 0.6 is 45.2 Å². The third-order valence-corrected chi connectivity index (χ3v) is 4.51. The molecule has 1 amide bonds. The van der Waals surface area contributed by atoms with Crippen molar-refractivity contribution < 1.29 is 14.6 Å². The van der Waals surface area contributed by atoms with Gasteiger partial charge in [0.1, 0.15) is 11.5 Å². The van der Waals surface area contributed by atoms with Crippen molar-refractivity contribution in [1.82, 2.24) is 5.43 Å². The van der Waals surface area contributed by atoms with E-state index in [9.17, 15) is 9.90 Å². The topological polar surface area (TPSA) is 70.9 Å². The van der Waals surface area contributed by atoms with Crippen LogP contribution in [0.15, 0.2) is 41.5 Å². The normalized spacial score (nSPS) is 11.0. The summed E-state index contributed by atoms with van der Waals surface area (Å²) in [6.07, 6.45) is 1.66. The summed E-state index contributed by atoms with van der Waals surface area (Å²) >= 11 is 4.42. The molecule has 0 aliphatic heterocycles. The van der Waals surface area contributed by atoms with Crippen molar-refractivity contribution >= 4 is 57.3 Å². The third kappa shape index (κ3) is 5.07. The van der Waals surface area contributed by atoms with Gasteiger partial charge in [-0.15, -0.1) is 0 Å². The first-order chi connectivity index (χ1) is 11.4. The van der Waals surface area contributed by atoms with Crippen LogP contribution in [0.5, 0.6) is 11.5 Å². The van der Waals surface area contributed by atoms with E-state index in [0.717, 1.165) is 18.5 Å². The molecule has 0 atom stereocenters. The lowest BCUT2D eigenvalue weighted by molar-refractivity contribution is 0.0952. The van der Waals surface area contributed by atoms with Gasteiger partial charge in [-0.1, -0.05) is 12.1 Å². The second-order valence-electron chi connectivity index (χ2n) is 5.20. The van der Waals surface area contributed by atoms with E-state index in [2.05, 4.69) is 55.7 Å². The Kier molecular flexibility index (Phi) is 6.84. The molecule has 0 bridgehead atoms. The number of carbonyl (C=O) groups excluding carboxylic acids is 1. The number of ether oxygens (including phenoxy) is 1. The molecule has 126 valence electrons. The van der Waals surface area contributed by atoms with Crippen molar-refractivity contribution in [3.63, 3.8) is 0 Å². The quantitative estimate of drug-likeness (QED) is 0.334. The molecule has 0 saturated carbocycles. The monoisotopic (exact) mass is 550 g/mol. The van der Waals surface area contributed by atoms with E-state index >= 15 is 0 Å². The van der Waals surface area contributed by atoms with E-state index in [1.807, 2.05) is 26.0 Å². The fraction of sp³-hybridized carbons (Fsp3) is 0.176. The van der Waals surface area contributed by atoms with Gasteiger partial charge >= 0.3 is 0 Å². The van der Waals surface area contributed by atoms with Crippen LogP contribution in [0, 0.1) is 7.14 Å². The largest absolute Gasteiger partial charge is 0.507 e. The number of hydrazone groups is 1. The number of halogens is 2. The first-order valence-electron chi connectivity index (χ1n) is 7.15. The fourth-order valence-corrected chi connectivity index (χ4v) is 3.96. The molecule has 5 nitrogen and oxygen atoms in total. The fourth-order valence-electron chi connectivity index (χ4n) is 1.89. The van der Waals surface area contributed by atoms with Crippen LogP contribution in [0.2, 0.25) is 0 Å². The zero-order valence-electron chi connectivity index (χ0n) is 13.1. The maximum atomic E-state index is 12.0. The van der Waals surface area contributed by atoms with Gasteiger partial charge in [-0.05, 0) is 88.9 Å². The van der Waals surface area contributed by atoms with Gasteiger partial charge in [0.15, 0.2) is 0 Å². The number of rotatable bonds is 5. The smallest absolute Gasteiger partial charge is 0.275 e. The first-order valence-corrected chi connectivity index (χ1v) is 9.31. The molecule has 0 aliphatic rings. The molecule has 0 radical (unpaired) electrons.